The third kappa shape index (κ3) is 5.13. The van der Waals surface area contributed by atoms with E-state index in [1.165, 1.54) is 0 Å². The van der Waals surface area contributed by atoms with E-state index in [0.717, 1.165) is 17.0 Å². The van der Waals surface area contributed by atoms with Crippen molar-refractivity contribution in [2.45, 2.75) is 26.5 Å². The molecule has 128 valence electrons. The second-order valence-corrected chi connectivity index (χ2v) is 5.70. The van der Waals surface area contributed by atoms with Gasteiger partial charge in [-0.25, -0.2) is 0 Å². The van der Waals surface area contributed by atoms with Gasteiger partial charge in [0.25, 0.3) is 0 Å². The summed E-state index contributed by atoms with van der Waals surface area (Å²) in [6.07, 6.45) is 5.26. The van der Waals surface area contributed by atoms with Gasteiger partial charge in [0.15, 0.2) is 5.82 Å². The number of nitrogens with zero attached hydrogens (tertiary/aromatic N) is 4. The van der Waals surface area contributed by atoms with Crippen molar-refractivity contribution in [2.75, 3.05) is 10.6 Å². The lowest BCUT2D eigenvalue weighted by molar-refractivity contribution is 0.242. The summed E-state index contributed by atoms with van der Waals surface area (Å²) in [4.78, 5) is 8.48. The average Bonchev–Trinajstić information content (AvgIpc) is 2.62. The number of anilines is 3. The van der Waals surface area contributed by atoms with Gasteiger partial charge in [0, 0.05) is 24.6 Å². The fraction of sp³-hybridized carbons (Fsp3) is 0.222. The molecule has 7 heteroatoms. The number of rotatable bonds is 7. The van der Waals surface area contributed by atoms with Gasteiger partial charge in [-0.2, -0.15) is 10.1 Å². The third-order valence-corrected chi connectivity index (χ3v) is 3.23. The van der Waals surface area contributed by atoms with Gasteiger partial charge in [-0.3, -0.25) is 4.98 Å². The minimum Gasteiger partial charge on any atom is -0.491 e. The van der Waals surface area contributed by atoms with Crippen LogP contribution < -0.4 is 15.4 Å². The highest BCUT2D eigenvalue weighted by Crippen LogP contribution is 2.19. The molecule has 0 aliphatic rings. The molecule has 0 spiro atoms. The molecule has 2 aromatic heterocycles. The van der Waals surface area contributed by atoms with E-state index >= 15 is 0 Å². The molecule has 3 rings (SSSR count). The molecule has 0 bridgehead atoms. The van der Waals surface area contributed by atoms with Crippen LogP contribution in [0.5, 0.6) is 5.75 Å². The maximum Gasteiger partial charge on any atom is 0.244 e. The SMILES string of the molecule is CC(C)Oc1ccc(Nc2cnnc(NCc3cccnc3)n2)cc1. The van der Waals surface area contributed by atoms with Crippen LogP contribution in [0, 0.1) is 0 Å². The first-order valence-electron chi connectivity index (χ1n) is 8.05. The van der Waals surface area contributed by atoms with Gasteiger partial charge in [-0.05, 0) is 49.7 Å². The Balaban J connectivity index is 1.61. The van der Waals surface area contributed by atoms with Crippen molar-refractivity contribution < 1.29 is 4.74 Å². The lowest BCUT2D eigenvalue weighted by atomic mass is 10.3. The molecule has 0 atom stereocenters. The van der Waals surface area contributed by atoms with E-state index in [2.05, 4.69) is 30.8 Å². The predicted octanol–water partition coefficient (Wildman–Crippen LogP) is 3.41. The average molecular weight is 336 g/mol. The fourth-order valence-electron chi connectivity index (χ4n) is 2.16. The van der Waals surface area contributed by atoms with E-state index in [1.54, 1.807) is 18.6 Å². The maximum absolute atomic E-state index is 5.63. The van der Waals surface area contributed by atoms with Crippen molar-refractivity contribution in [3.05, 3.63) is 60.6 Å². The summed E-state index contributed by atoms with van der Waals surface area (Å²) in [5, 5.41) is 14.3. The molecule has 0 saturated carbocycles. The van der Waals surface area contributed by atoms with Gasteiger partial charge >= 0.3 is 0 Å². The molecule has 0 aliphatic heterocycles. The van der Waals surface area contributed by atoms with Crippen LogP contribution in [-0.2, 0) is 6.54 Å². The Bertz CT molecular complexity index is 792. The summed E-state index contributed by atoms with van der Waals surface area (Å²) >= 11 is 0. The largest absolute Gasteiger partial charge is 0.491 e. The molecule has 7 nitrogen and oxygen atoms in total. The Kier molecular flexibility index (Phi) is 5.36. The number of pyridine rings is 1. The Morgan fingerprint density at radius 3 is 2.64 bits per heavy atom. The molecular formula is C18H20N6O. The van der Waals surface area contributed by atoms with E-state index in [9.17, 15) is 0 Å². The first-order chi connectivity index (χ1) is 12.2. The molecule has 1 aromatic carbocycles. The van der Waals surface area contributed by atoms with Crippen LogP contribution in [0.25, 0.3) is 0 Å². The number of hydrogen-bond donors (Lipinski definition) is 2. The summed E-state index contributed by atoms with van der Waals surface area (Å²) in [6.45, 7) is 4.58. The monoisotopic (exact) mass is 336 g/mol. The van der Waals surface area contributed by atoms with Crippen molar-refractivity contribution in [3.63, 3.8) is 0 Å². The Morgan fingerprint density at radius 2 is 1.92 bits per heavy atom. The number of aromatic nitrogens is 4. The third-order valence-electron chi connectivity index (χ3n) is 3.23. The molecule has 0 saturated heterocycles. The zero-order valence-electron chi connectivity index (χ0n) is 14.2. The zero-order valence-corrected chi connectivity index (χ0v) is 14.2. The smallest absolute Gasteiger partial charge is 0.244 e. The van der Waals surface area contributed by atoms with Gasteiger partial charge in [0.05, 0.1) is 12.3 Å². The Labute approximate surface area is 146 Å². The van der Waals surface area contributed by atoms with E-state index < -0.39 is 0 Å². The summed E-state index contributed by atoms with van der Waals surface area (Å²) in [7, 11) is 0. The maximum atomic E-state index is 5.63. The standard InChI is InChI=1S/C18H20N6O/c1-13(2)25-16-7-5-15(6-8-16)22-17-12-21-24-18(23-17)20-11-14-4-3-9-19-10-14/h3-10,12-13H,11H2,1-2H3,(H2,20,22,23,24). The molecular weight excluding hydrogens is 316 g/mol. The fourth-order valence-corrected chi connectivity index (χ4v) is 2.16. The second-order valence-electron chi connectivity index (χ2n) is 5.70. The molecule has 0 fully saturated rings. The highest BCUT2D eigenvalue weighted by atomic mass is 16.5. The van der Waals surface area contributed by atoms with Crippen LogP contribution in [0.1, 0.15) is 19.4 Å². The quantitative estimate of drug-likeness (QED) is 0.684. The number of benzene rings is 1. The lowest BCUT2D eigenvalue weighted by Crippen LogP contribution is -2.07. The summed E-state index contributed by atoms with van der Waals surface area (Å²) in [5.41, 5.74) is 1.94. The zero-order chi connectivity index (χ0) is 17.5. The van der Waals surface area contributed by atoms with E-state index in [1.807, 2.05) is 50.2 Å². The highest BCUT2D eigenvalue weighted by molar-refractivity contribution is 5.57. The van der Waals surface area contributed by atoms with Crippen LogP contribution in [0.2, 0.25) is 0 Å². The van der Waals surface area contributed by atoms with Gasteiger partial charge in [-0.1, -0.05) is 6.07 Å². The highest BCUT2D eigenvalue weighted by Gasteiger charge is 2.03. The van der Waals surface area contributed by atoms with Crippen molar-refractivity contribution in [1.29, 1.82) is 0 Å². The van der Waals surface area contributed by atoms with E-state index in [4.69, 9.17) is 4.74 Å². The van der Waals surface area contributed by atoms with Gasteiger partial charge in [0.1, 0.15) is 5.75 Å². The van der Waals surface area contributed by atoms with Crippen LogP contribution in [-0.4, -0.2) is 26.3 Å². The normalized spacial score (nSPS) is 10.5. The molecule has 0 amide bonds. The summed E-state index contributed by atoms with van der Waals surface area (Å²) in [6, 6.07) is 11.6. The van der Waals surface area contributed by atoms with Gasteiger partial charge in [0.2, 0.25) is 5.95 Å². The van der Waals surface area contributed by atoms with Crippen LogP contribution in [0.15, 0.2) is 55.0 Å². The van der Waals surface area contributed by atoms with Crippen molar-refractivity contribution in [3.8, 4) is 5.75 Å². The van der Waals surface area contributed by atoms with Crippen molar-refractivity contribution in [2.24, 2.45) is 0 Å². The molecule has 2 heterocycles. The number of hydrogen-bond acceptors (Lipinski definition) is 7. The summed E-state index contributed by atoms with van der Waals surface area (Å²) in [5.74, 6) is 1.90. The minimum absolute atomic E-state index is 0.151. The van der Waals surface area contributed by atoms with Crippen LogP contribution in [0.4, 0.5) is 17.5 Å². The number of nitrogens with one attached hydrogen (secondary N) is 2. The Hall–Kier alpha value is -3.22. The van der Waals surface area contributed by atoms with Crippen molar-refractivity contribution >= 4 is 17.5 Å². The van der Waals surface area contributed by atoms with Gasteiger partial charge < -0.3 is 15.4 Å². The van der Waals surface area contributed by atoms with Crippen molar-refractivity contribution in [1.82, 2.24) is 20.2 Å². The molecule has 0 aliphatic carbocycles. The molecule has 0 radical (unpaired) electrons. The molecule has 2 N–H and O–H groups in total. The van der Waals surface area contributed by atoms with Gasteiger partial charge in [-0.15, -0.1) is 5.10 Å². The minimum atomic E-state index is 0.151. The lowest BCUT2D eigenvalue weighted by Gasteiger charge is -2.11. The second kappa shape index (κ2) is 8.05. The van der Waals surface area contributed by atoms with Crippen LogP contribution >= 0.6 is 0 Å². The summed E-state index contributed by atoms with van der Waals surface area (Å²) < 4.78 is 5.63. The van der Waals surface area contributed by atoms with Crippen LogP contribution in [0.3, 0.4) is 0 Å². The van der Waals surface area contributed by atoms with E-state index in [-0.39, 0.29) is 6.10 Å². The topological polar surface area (TPSA) is 84.9 Å². The van der Waals surface area contributed by atoms with E-state index in [0.29, 0.717) is 18.3 Å². The predicted molar refractivity (Wildman–Crippen MR) is 96.9 cm³/mol. The Morgan fingerprint density at radius 1 is 1.08 bits per heavy atom. The first-order valence-corrected chi connectivity index (χ1v) is 8.05. The molecule has 25 heavy (non-hydrogen) atoms. The molecule has 0 unspecified atom stereocenters. The number of ether oxygens (including phenoxy) is 1. The first kappa shape index (κ1) is 16.6. The molecule has 3 aromatic rings.